The van der Waals surface area contributed by atoms with Crippen molar-refractivity contribution in [3.63, 3.8) is 0 Å². The standard InChI is InChI=1S/C13H22N2O2S/c1-4-10-18(16,17)15(9-8-14)13-11(2)6-5-7-12(13)3/h5-7H,4,8-10,14H2,1-3H3. The van der Waals surface area contributed by atoms with Crippen molar-refractivity contribution in [2.75, 3.05) is 23.1 Å². The van der Waals surface area contributed by atoms with Crippen LogP contribution in [0.3, 0.4) is 0 Å². The number of nitrogens with zero attached hydrogens (tertiary/aromatic N) is 1. The summed E-state index contributed by atoms with van der Waals surface area (Å²) in [6.07, 6.45) is 0.605. The second-order valence-electron chi connectivity index (χ2n) is 4.42. The lowest BCUT2D eigenvalue weighted by molar-refractivity contribution is 0.589. The van der Waals surface area contributed by atoms with Crippen LogP contribution < -0.4 is 10.0 Å². The van der Waals surface area contributed by atoms with Crippen LogP contribution in [0.25, 0.3) is 0 Å². The second-order valence-corrected chi connectivity index (χ2v) is 6.43. The highest BCUT2D eigenvalue weighted by molar-refractivity contribution is 7.92. The molecule has 0 amide bonds. The number of hydrogen-bond acceptors (Lipinski definition) is 3. The van der Waals surface area contributed by atoms with Crippen LogP contribution in [0.4, 0.5) is 5.69 Å². The molecule has 0 spiro atoms. The summed E-state index contributed by atoms with van der Waals surface area (Å²) in [7, 11) is -3.28. The van der Waals surface area contributed by atoms with Gasteiger partial charge in [0.2, 0.25) is 10.0 Å². The molecule has 0 saturated carbocycles. The Morgan fingerprint density at radius 3 is 2.22 bits per heavy atom. The number of aryl methyl sites for hydroxylation is 2. The molecule has 1 aromatic rings. The number of anilines is 1. The van der Waals surface area contributed by atoms with Gasteiger partial charge in [-0.3, -0.25) is 4.31 Å². The predicted molar refractivity (Wildman–Crippen MR) is 76.4 cm³/mol. The Labute approximate surface area is 110 Å². The Balaban J connectivity index is 3.29. The molecule has 0 aliphatic rings. The summed E-state index contributed by atoms with van der Waals surface area (Å²) < 4.78 is 26.1. The molecule has 0 aliphatic carbocycles. The van der Waals surface area contributed by atoms with Gasteiger partial charge in [0, 0.05) is 13.1 Å². The number of hydrogen-bond donors (Lipinski definition) is 1. The fourth-order valence-corrected chi connectivity index (χ4v) is 3.76. The number of rotatable bonds is 6. The molecule has 102 valence electrons. The summed E-state index contributed by atoms with van der Waals surface area (Å²) in [5.41, 5.74) is 8.25. The molecule has 0 heterocycles. The lowest BCUT2D eigenvalue weighted by atomic mass is 10.1. The van der Waals surface area contributed by atoms with Crippen molar-refractivity contribution >= 4 is 15.7 Å². The van der Waals surface area contributed by atoms with E-state index in [2.05, 4.69) is 0 Å². The first-order valence-electron chi connectivity index (χ1n) is 6.20. The van der Waals surface area contributed by atoms with Crippen molar-refractivity contribution in [1.82, 2.24) is 0 Å². The van der Waals surface area contributed by atoms with E-state index in [0.717, 1.165) is 16.8 Å². The summed E-state index contributed by atoms with van der Waals surface area (Å²) in [5, 5.41) is 0. The highest BCUT2D eigenvalue weighted by Crippen LogP contribution is 2.27. The van der Waals surface area contributed by atoms with Crippen molar-refractivity contribution in [3.05, 3.63) is 29.3 Å². The van der Waals surface area contributed by atoms with Gasteiger partial charge in [0.1, 0.15) is 0 Å². The van der Waals surface area contributed by atoms with Crippen LogP contribution in [0.1, 0.15) is 24.5 Å². The van der Waals surface area contributed by atoms with Gasteiger partial charge >= 0.3 is 0 Å². The van der Waals surface area contributed by atoms with E-state index in [1.54, 1.807) is 0 Å². The first-order chi connectivity index (χ1) is 8.44. The molecule has 0 radical (unpaired) electrons. The summed E-state index contributed by atoms with van der Waals surface area (Å²) in [5.74, 6) is 0.154. The van der Waals surface area contributed by atoms with Crippen LogP contribution in [0, 0.1) is 13.8 Å². The minimum absolute atomic E-state index is 0.154. The molecular weight excluding hydrogens is 248 g/mol. The van der Waals surface area contributed by atoms with Gasteiger partial charge in [0.05, 0.1) is 11.4 Å². The molecule has 0 aliphatic heterocycles. The van der Waals surface area contributed by atoms with Gasteiger partial charge in [-0.15, -0.1) is 0 Å². The maximum atomic E-state index is 12.3. The van der Waals surface area contributed by atoms with Crippen LogP contribution in [-0.2, 0) is 10.0 Å². The summed E-state index contributed by atoms with van der Waals surface area (Å²) in [6, 6.07) is 5.78. The monoisotopic (exact) mass is 270 g/mol. The van der Waals surface area contributed by atoms with Crippen LogP contribution in [-0.4, -0.2) is 27.3 Å². The highest BCUT2D eigenvalue weighted by Gasteiger charge is 2.23. The van der Waals surface area contributed by atoms with Gasteiger partial charge < -0.3 is 5.73 Å². The average Bonchev–Trinajstić information content (AvgIpc) is 2.27. The van der Waals surface area contributed by atoms with E-state index in [9.17, 15) is 8.42 Å². The zero-order valence-electron chi connectivity index (χ0n) is 11.3. The molecule has 2 N–H and O–H groups in total. The first-order valence-corrected chi connectivity index (χ1v) is 7.81. The van der Waals surface area contributed by atoms with Crippen molar-refractivity contribution in [3.8, 4) is 0 Å². The van der Waals surface area contributed by atoms with Gasteiger partial charge in [0.15, 0.2) is 0 Å². The molecule has 0 atom stereocenters. The van der Waals surface area contributed by atoms with E-state index in [1.807, 2.05) is 39.0 Å². The van der Waals surface area contributed by atoms with E-state index in [0.29, 0.717) is 19.5 Å². The van der Waals surface area contributed by atoms with Crippen molar-refractivity contribution < 1.29 is 8.42 Å². The van der Waals surface area contributed by atoms with E-state index in [4.69, 9.17) is 5.73 Å². The zero-order valence-corrected chi connectivity index (χ0v) is 12.1. The van der Waals surface area contributed by atoms with Crippen LogP contribution >= 0.6 is 0 Å². The minimum atomic E-state index is -3.28. The highest BCUT2D eigenvalue weighted by atomic mass is 32.2. The number of nitrogens with two attached hydrogens (primary N) is 1. The quantitative estimate of drug-likeness (QED) is 0.857. The topological polar surface area (TPSA) is 63.4 Å². The van der Waals surface area contributed by atoms with Crippen molar-refractivity contribution in [2.24, 2.45) is 5.73 Å². The molecule has 0 saturated heterocycles. The Bertz CT molecular complexity index is 477. The van der Waals surface area contributed by atoms with Gasteiger partial charge in [-0.1, -0.05) is 25.1 Å². The largest absolute Gasteiger partial charge is 0.329 e. The molecule has 0 unspecified atom stereocenters. The SMILES string of the molecule is CCCS(=O)(=O)N(CCN)c1c(C)cccc1C. The van der Waals surface area contributed by atoms with Gasteiger partial charge in [-0.05, 0) is 31.4 Å². The molecule has 5 heteroatoms. The third-order valence-electron chi connectivity index (χ3n) is 2.82. The van der Waals surface area contributed by atoms with Crippen LogP contribution in [0.15, 0.2) is 18.2 Å². The zero-order chi connectivity index (χ0) is 13.8. The van der Waals surface area contributed by atoms with Gasteiger partial charge in [-0.2, -0.15) is 0 Å². The fourth-order valence-electron chi connectivity index (χ4n) is 2.07. The fraction of sp³-hybridized carbons (Fsp3) is 0.538. The van der Waals surface area contributed by atoms with Gasteiger partial charge in [0.25, 0.3) is 0 Å². The molecule has 0 aromatic heterocycles. The predicted octanol–water partition coefficient (Wildman–Crippen LogP) is 1.81. The molecule has 0 bridgehead atoms. The second kappa shape index (κ2) is 6.20. The Kier molecular flexibility index (Phi) is 5.16. The van der Waals surface area contributed by atoms with Crippen LogP contribution in [0.5, 0.6) is 0 Å². The van der Waals surface area contributed by atoms with E-state index in [1.165, 1.54) is 4.31 Å². The van der Waals surface area contributed by atoms with Crippen molar-refractivity contribution in [2.45, 2.75) is 27.2 Å². The maximum Gasteiger partial charge on any atom is 0.235 e. The van der Waals surface area contributed by atoms with Gasteiger partial charge in [-0.25, -0.2) is 8.42 Å². The molecule has 1 aromatic carbocycles. The lowest BCUT2D eigenvalue weighted by Crippen LogP contribution is -2.37. The van der Waals surface area contributed by atoms with Crippen molar-refractivity contribution in [1.29, 1.82) is 0 Å². The van der Waals surface area contributed by atoms with Crippen LogP contribution in [0.2, 0.25) is 0 Å². The van der Waals surface area contributed by atoms with E-state index < -0.39 is 10.0 Å². The van der Waals surface area contributed by atoms with E-state index >= 15 is 0 Å². The molecule has 0 fully saturated rings. The molecule has 18 heavy (non-hydrogen) atoms. The summed E-state index contributed by atoms with van der Waals surface area (Å²) in [6.45, 7) is 6.36. The minimum Gasteiger partial charge on any atom is -0.329 e. The number of para-hydroxylation sites is 1. The summed E-state index contributed by atoms with van der Waals surface area (Å²) >= 11 is 0. The van der Waals surface area contributed by atoms with E-state index in [-0.39, 0.29) is 5.75 Å². The molecule has 1 rings (SSSR count). The lowest BCUT2D eigenvalue weighted by Gasteiger charge is -2.27. The number of sulfonamides is 1. The summed E-state index contributed by atoms with van der Waals surface area (Å²) in [4.78, 5) is 0. The Morgan fingerprint density at radius 2 is 1.78 bits per heavy atom. The average molecular weight is 270 g/mol. The third kappa shape index (κ3) is 3.23. The Morgan fingerprint density at radius 1 is 1.22 bits per heavy atom. The first kappa shape index (κ1) is 15.0. The molecular formula is C13H22N2O2S. The normalized spacial score (nSPS) is 11.6. The third-order valence-corrected chi connectivity index (χ3v) is 4.78. The number of benzene rings is 1. The smallest absolute Gasteiger partial charge is 0.235 e. The molecule has 4 nitrogen and oxygen atoms in total. The Hall–Kier alpha value is -1.07. The maximum absolute atomic E-state index is 12.3.